The number of urea groups is 1. The standard InChI is InChI=1S/C20H23N3O3/c1-13-9-14(2)11-16(10-13)23-8-7-18(19(23)24)22-20(25)21-15-5-4-6-17(12-15)26-3/h4-6,9-12,18H,7-8H2,1-3H3,(H2,21,22,25)/t18-/m0/s1. The van der Waals surface area contributed by atoms with Gasteiger partial charge < -0.3 is 20.3 Å². The minimum atomic E-state index is -0.526. The summed E-state index contributed by atoms with van der Waals surface area (Å²) in [4.78, 5) is 26.6. The van der Waals surface area contributed by atoms with Crippen molar-refractivity contribution in [2.24, 2.45) is 0 Å². The number of nitrogens with zero attached hydrogens (tertiary/aromatic N) is 1. The quantitative estimate of drug-likeness (QED) is 0.886. The second-order valence-electron chi connectivity index (χ2n) is 6.51. The minimum Gasteiger partial charge on any atom is -0.497 e. The normalized spacial score (nSPS) is 16.5. The van der Waals surface area contributed by atoms with Gasteiger partial charge >= 0.3 is 6.03 Å². The first-order valence-corrected chi connectivity index (χ1v) is 8.57. The number of rotatable bonds is 4. The summed E-state index contributed by atoms with van der Waals surface area (Å²) in [5.41, 5.74) is 3.71. The van der Waals surface area contributed by atoms with Crippen LogP contribution >= 0.6 is 0 Å². The van der Waals surface area contributed by atoms with Crippen LogP contribution < -0.4 is 20.3 Å². The lowest BCUT2D eigenvalue weighted by Gasteiger charge is -2.18. The van der Waals surface area contributed by atoms with Crippen LogP contribution in [0.3, 0.4) is 0 Å². The molecule has 1 atom stereocenters. The van der Waals surface area contributed by atoms with Crippen molar-refractivity contribution in [2.75, 3.05) is 23.9 Å². The summed E-state index contributed by atoms with van der Waals surface area (Å²) in [6, 6.07) is 12.2. The molecule has 0 bridgehead atoms. The molecule has 0 radical (unpaired) electrons. The summed E-state index contributed by atoms with van der Waals surface area (Å²) in [7, 11) is 1.57. The predicted octanol–water partition coefficient (Wildman–Crippen LogP) is 3.24. The minimum absolute atomic E-state index is 0.0872. The highest BCUT2D eigenvalue weighted by molar-refractivity contribution is 6.02. The maximum Gasteiger partial charge on any atom is 0.319 e. The number of methoxy groups -OCH3 is 1. The van der Waals surface area contributed by atoms with Crippen LogP contribution in [0.5, 0.6) is 5.75 Å². The van der Waals surface area contributed by atoms with Crippen molar-refractivity contribution in [3.05, 3.63) is 53.6 Å². The molecule has 1 aliphatic rings. The Morgan fingerprint density at radius 1 is 1.15 bits per heavy atom. The van der Waals surface area contributed by atoms with E-state index in [0.717, 1.165) is 16.8 Å². The van der Waals surface area contributed by atoms with E-state index in [2.05, 4.69) is 16.7 Å². The second kappa shape index (κ2) is 7.47. The van der Waals surface area contributed by atoms with E-state index in [4.69, 9.17) is 4.74 Å². The fourth-order valence-electron chi connectivity index (χ4n) is 3.20. The van der Waals surface area contributed by atoms with Gasteiger partial charge in [0.1, 0.15) is 11.8 Å². The molecule has 0 unspecified atom stereocenters. The van der Waals surface area contributed by atoms with Gasteiger partial charge in [0.25, 0.3) is 0 Å². The summed E-state index contributed by atoms with van der Waals surface area (Å²) >= 11 is 0. The SMILES string of the molecule is COc1cccc(NC(=O)N[C@H]2CCN(c3cc(C)cc(C)c3)C2=O)c1. The summed E-state index contributed by atoms with van der Waals surface area (Å²) < 4.78 is 5.14. The van der Waals surface area contributed by atoms with Crippen LogP contribution in [0.4, 0.5) is 16.2 Å². The van der Waals surface area contributed by atoms with E-state index in [0.29, 0.717) is 24.4 Å². The van der Waals surface area contributed by atoms with Gasteiger partial charge in [0.2, 0.25) is 5.91 Å². The van der Waals surface area contributed by atoms with E-state index in [1.54, 1.807) is 36.3 Å². The molecule has 1 aliphatic heterocycles. The van der Waals surface area contributed by atoms with Crippen molar-refractivity contribution in [3.63, 3.8) is 0 Å². The first kappa shape index (κ1) is 17.8. The number of hydrogen-bond donors (Lipinski definition) is 2. The van der Waals surface area contributed by atoms with Crippen LogP contribution in [0.1, 0.15) is 17.5 Å². The number of aryl methyl sites for hydroxylation is 2. The molecule has 2 N–H and O–H groups in total. The number of benzene rings is 2. The zero-order valence-corrected chi connectivity index (χ0v) is 15.2. The maximum absolute atomic E-state index is 12.7. The highest BCUT2D eigenvalue weighted by atomic mass is 16.5. The molecular weight excluding hydrogens is 330 g/mol. The molecule has 3 amide bonds. The van der Waals surface area contributed by atoms with Gasteiger partial charge in [-0.25, -0.2) is 4.79 Å². The van der Waals surface area contributed by atoms with Gasteiger partial charge in [-0.3, -0.25) is 4.79 Å². The molecule has 26 heavy (non-hydrogen) atoms. The summed E-state index contributed by atoms with van der Waals surface area (Å²) in [5.74, 6) is 0.566. The molecule has 0 saturated carbocycles. The van der Waals surface area contributed by atoms with E-state index >= 15 is 0 Å². The number of amides is 3. The number of ether oxygens (including phenoxy) is 1. The fraction of sp³-hybridized carbons (Fsp3) is 0.300. The number of carbonyl (C=O) groups is 2. The average Bonchev–Trinajstić information content (AvgIpc) is 2.94. The van der Waals surface area contributed by atoms with Gasteiger partial charge in [0, 0.05) is 24.0 Å². The predicted molar refractivity (Wildman–Crippen MR) is 102 cm³/mol. The number of anilines is 2. The van der Waals surface area contributed by atoms with E-state index in [9.17, 15) is 9.59 Å². The van der Waals surface area contributed by atoms with Crippen LogP contribution in [0.25, 0.3) is 0 Å². The lowest BCUT2D eigenvalue weighted by Crippen LogP contribution is -2.43. The van der Waals surface area contributed by atoms with Crippen LogP contribution in [-0.2, 0) is 4.79 Å². The lowest BCUT2D eigenvalue weighted by atomic mass is 10.1. The van der Waals surface area contributed by atoms with Crippen LogP contribution in [0.2, 0.25) is 0 Å². The summed E-state index contributed by atoms with van der Waals surface area (Å²) in [6.07, 6.45) is 0.581. The van der Waals surface area contributed by atoms with Crippen LogP contribution in [0, 0.1) is 13.8 Å². The molecule has 1 heterocycles. The second-order valence-corrected chi connectivity index (χ2v) is 6.51. The Labute approximate surface area is 153 Å². The molecule has 0 aliphatic carbocycles. The molecule has 0 aromatic heterocycles. The van der Waals surface area contributed by atoms with Crippen molar-refractivity contribution in [1.29, 1.82) is 0 Å². The maximum atomic E-state index is 12.7. The van der Waals surface area contributed by atoms with Crippen molar-refractivity contribution >= 4 is 23.3 Å². The van der Waals surface area contributed by atoms with E-state index in [1.807, 2.05) is 26.0 Å². The largest absolute Gasteiger partial charge is 0.497 e. The van der Waals surface area contributed by atoms with Gasteiger partial charge in [0.15, 0.2) is 0 Å². The van der Waals surface area contributed by atoms with Crippen molar-refractivity contribution in [3.8, 4) is 5.75 Å². The molecule has 6 heteroatoms. The molecule has 3 rings (SSSR count). The number of nitrogens with one attached hydrogen (secondary N) is 2. The Kier molecular flexibility index (Phi) is 5.11. The lowest BCUT2D eigenvalue weighted by molar-refractivity contribution is -0.118. The number of carbonyl (C=O) groups excluding carboxylic acids is 2. The zero-order chi connectivity index (χ0) is 18.7. The van der Waals surface area contributed by atoms with Gasteiger partial charge in [-0.2, -0.15) is 0 Å². The van der Waals surface area contributed by atoms with Crippen molar-refractivity contribution in [1.82, 2.24) is 5.32 Å². The molecule has 136 valence electrons. The molecule has 6 nitrogen and oxygen atoms in total. The zero-order valence-electron chi connectivity index (χ0n) is 15.2. The third-order valence-corrected chi connectivity index (χ3v) is 4.36. The first-order chi connectivity index (χ1) is 12.5. The number of hydrogen-bond acceptors (Lipinski definition) is 3. The Morgan fingerprint density at radius 3 is 2.58 bits per heavy atom. The Morgan fingerprint density at radius 2 is 1.88 bits per heavy atom. The van der Waals surface area contributed by atoms with E-state index < -0.39 is 12.1 Å². The third kappa shape index (κ3) is 3.96. The fourth-order valence-corrected chi connectivity index (χ4v) is 3.20. The molecular formula is C20H23N3O3. The van der Waals surface area contributed by atoms with E-state index in [1.165, 1.54) is 0 Å². The van der Waals surface area contributed by atoms with Gasteiger partial charge in [-0.15, -0.1) is 0 Å². The topological polar surface area (TPSA) is 70.7 Å². The Balaban J connectivity index is 1.63. The summed E-state index contributed by atoms with van der Waals surface area (Å²) in [6.45, 7) is 4.61. The van der Waals surface area contributed by atoms with Crippen molar-refractivity contribution in [2.45, 2.75) is 26.3 Å². The monoisotopic (exact) mass is 353 g/mol. The van der Waals surface area contributed by atoms with Gasteiger partial charge in [0.05, 0.1) is 7.11 Å². The van der Waals surface area contributed by atoms with Crippen LogP contribution in [-0.4, -0.2) is 31.6 Å². The Bertz CT molecular complexity index is 815. The molecule has 0 spiro atoms. The van der Waals surface area contributed by atoms with Crippen LogP contribution in [0.15, 0.2) is 42.5 Å². The smallest absolute Gasteiger partial charge is 0.319 e. The highest BCUT2D eigenvalue weighted by Gasteiger charge is 2.33. The highest BCUT2D eigenvalue weighted by Crippen LogP contribution is 2.24. The summed E-state index contributed by atoms with van der Waals surface area (Å²) in [5, 5.41) is 5.50. The van der Waals surface area contributed by atoms with Gasteiger partial charge in [-0.05, 0) is 55.7 Å². The van der Waals surface area contributed by atoms with Crippen molar-refractivity contribution < 1.29 is 14.3 Å². The molecule has 1 saturated heterocycles. The molecule has 1 fully saturated rings. The first-order valence-electron chi connectivity index (χ1n) is 8.57. The molecule has 2 aromatic rings. The van der Waals surface area contributed by atoms with Gasteiger partial charge in [-0.1, -0.05) is 12.1 Å². The Hall–Kier alpha value is -3.02. The van der Waals surface area contributed by atoms with E-state index in [-0.39, 0.29) is 5.91 Å². The third-order valence-electron chi connectivity index (χ3n) is 4.36. The molecule has 2 aromatic carbocycles. The average molecular weight is 353 g/mol.